The second-order valence-electron chi connectivity index (χ2n) is 4.02. The van der Waals surface area contributed by atoms with E-state index in [0.717, 1.165) is 30.8 Å². The topological polar surface area (TPSA) is 30.5 Å². The van der Waals surface area contributed by atoms with Crippen molar-refractivity contribution in [1.29, 1.82) is 0 Å². The molecule has 3 unspecified atom stereocenters. The first-order valence-electron chi connectivity index (χ1n) is 5.16. The van der Waals surface area contributed by atoms with E-state index in [1.54, 1.807) is 0 Å². The molecule has 2 aliphatic rings. The molecule has 1 saturated carbocycles. The fraction of sp³-hybridized carbons (Fsp3) is 0.889. The molecule has 0 amide bonds. The van der Waals surface area contributed by atoms with Crippen molar-refractivity contribution in [2.75, 3.05) is 13.2 Å². The van der Waals surface area contributed by atoms with Gasteiger partial charge >= 0.3 is 93.2 Å². The minimum atomic E-state index is -0.265. The quantitative estimate of drug-likeness (QED) is 0.555. The van der Waals surface area contributed by atoms with Gasteiger partial charge in [0.2, 0.25) is 0 Å². The molecule has 0 bridgehead atoms. The molecule has 0 radical (unpaired) electrons. The summed E-state index contributed by atoms with van der Waals surface area (Å²) in [4.78, 5) is 0. The van der Waals surface area contributed by atoms with Crippen LogP contribution in [0.15, 0.2) is 0 Å². The van der Waals surface area contributed by atoms with E-state index in [2.05, 4.69) is 19.9 Å². The molecule has 0 aromatic rings. The van der Waals surface area contributed by atoms with Crippen LogP contribution in [0.1, 0.15) is 19.3 Å². The number of hydrogen-bond donors (Lipinski definition) is 1. The average Bonchev–Trinajstić information content (AvgIpc) is 2.66. The zero-order chi connectivity index (χ0) is 10.0. The summed E-state index contributed by atoms with van der Waals surface area (Å²) in [5.41, 5.74) is 0. The van der Waals surface area contributed by atoms with Crippen molar-refractivity contribution < 1.29 is 9.47 Å². The molecule has 14 heavy (non-hydrogen) atoms. The SMILES string of the molecule is [CH2]=[Al][CH]1CCC2(CC1NP)OCCO2. The van der Waals surface area contributed by atoms with E-state index < -0.39 is 0 Å². The second-order valence-corrected chi connectivity index (χ2v) is 5.68. The molecule has 1 aliphatic carbocycles. The Labute approximate surface area is 93.4 Å². The fourth-order valence-electron chi connectivity index (χ4n) is 2.40. The third-order valence-corrected chi connectivity index (χ3v) is 5.07. The average molecular weight is 229 g/mol. The third kappa shape index (κ3) is 2.12. The summed E-state index contributed by atoms with van der Waals surface area (Å²) in [5, 5.41) is 7.37. The zero-order valence-electron chi connectivity index (χ0n) is 8.37. The first-order chi connectivity index (χ1) is 6.79. The van der Waals surface area contributed by atoms with E-state index in [1.807, 2.05) is 0 Å². The third-order valence-electron chi connectivity index (χ3n) is 3.24. The maximum absolute atomic E-state index is 5.72. The van der Waals surface area contributed by atoms with E-state index in [-0.39, 0.29) is 5.79 Å². The Bertz CT molecular complexity index is 221. The van der Waals surface area contributed by atoms with Gasteiger partial charge in [-0.2, -0.15) is 0 Å². The van der Waals surface area contributed by atoms with Gasteiger partial charge < -0.3 is 0 Å². The van der Waals surface area contributed by atoms with E-state index in [1.165, 1.54) is 6.42 Å². The minimum absolute atomic E-state index is 0.265. The summed E-state index contributed by atoms with van der Waals surface area (Å²) >= 11 is 0.293. The van der Waals surface area contributed by atoms with Gasteiger partial charge in [0.1, 0.15) is 0 Å². The predicted molar refractivity (Wildman–Crippen MR) is 61.7 cm³/mol. The van der Waals surface area contributed by atoms with Crippen molar-refractivity contribution >= 4 is 29.6 Å². The first-order valence-corrected chi connectivity index (χ1v) is 7.22. The Kier molecular flexibility index (Phi) is 3.76. The number of rotatable bonds is 2. The van der Waals surface area contributed by atoms with Crippen molar-refractivity contribution in [1.82, 2.24) is 5.09 Å². The predicted octanol–water partition coefficient (Wildman–Crippen LogP) is 0.586. The molecular weight excluding hydrogens is 212 g/mol. The molecule has 1 saturated heterocycles. The Morgan fingerprint density at radius 1 is 1.43 bits per heavy atom. The molecule has 3 nitrogen and oxygen atoms in total. The summed E-state index contributed by atoms with van der Waals surface area (Å²) < 4.78 is 12.2. The fourth-order valence-corrected chi connectivity index (χ4v) is 3.97. The number of nitrogens with one attached hydrogen (secondary N) is 1. The molecular formula is C9H17AlNO2P. The molecule has 0 aromatic heterocycles. The van der Waals surface area contributed by atoms with Gasteiger partial charge in [-0.3, -0.25) is 0 Å². The van der Waals surface area contributed by atoms with Gasteiger partial charge in [-0.05, 0) is 0 Å². The Morgan fingerprint density at radius 3 is 2.71 bits per heavy atom. The first kappa shape index (κ1) is 11.2. The van der Waals surface area contributed by atoms with Gasteiger partial charge in [-0.1, -0.05) is 0 Å². The Balaban J connectivity index is 2.03. The van der Waals surface area contributed by atoms with Crippen LogP contribution in [-0.2, 0) is 9.47 Å². The molecule has 5 heteroatoms. The van der Waals surface area contributed by atoms with Crippen molar-refractivity contribution in [3.8, 4) is 0 Å². The van der Waals surface area contributed by atoms with Gasteiger partial charge in [0, 0.05) is 0 Å². The number of hydrogen-bond acceptors (Lipinski definition) is 3. The summed E-state index contributed by atoms with van der Waals surface area (Å²) in [6.07, 6.45) is 3.21. The molecule has 78 valence electrons. The monoisotopic (exact) mass is 229 g/mol. The second kappa shape index (κ2) is 4.70. The Morgan fingerprint density at radius 2 is 2.14 bits per heavy atom. The van der Waals surface area contributed by atoms with E-state index in [9.17, 15) is 0 Å². The standard InChI is InChI=1S/C8H15NO2P.CH2.Al/c12-9-7-2-1-3-8(6-7)10-4-5-11-8;;/h2,7,9H,1,3-6,12H2;1H2;. The van der Waals surface area contributed by atoms with Crippen molar-refractivity contribution in [2.24, 2.45) is 0 Å². The summed E-state index contributed by atoms with van der Waals surface area (Å²) in [6.45, 7) is 1.51. The molecule has 2 fully saturated rings. The van der Waals surface area contributed by atoms with Crippen LogP contribution < -0.4 is 5.09 Å². The maximum atomic E-state index is 5.72. The van der Waals surface area contributed by atoms with Crippen LogP contribution in [0.2, 0.25) is 4.78 Å². The van der Waals surface area contributed by atoms with Crippen LogP contribution in [0, 0.1) is 0 Å². The zero-order valence-corrected chi connectivity index (χ0v) is 10.7. The van der Waals surface area contributed by atoms with E-state index in [0.29, 0.717) is 20.8 Å². The van der Waals surface area contributed by atoms with Gasteiger partial charge in [-0.25, -0.2) is 0 Å². The van der Waals surface area contributed by atoms with Crippen LogP contribution in [-0.4, -0.2) is 45.2 Å². The van der Waals surface area contributed by atoms with Crippen molar-refractivity contribution in [3.05, 3.63) is 0 Å². The van der Waals surface area contributed by atoms with Crippen LogP contribution in [0.5, 0.6) is 0 Å². The normalized spacial score (nSPS) is 35.8. The van der Waals surface area contributed by atoms with Crippen LogP contribution in [0.4, 0.5) is 0 Å². The van der Waals surface area contributed by atoms with E-state index >= 15 is 0 Å². The van der Waals surface area contributed by atoms with Crippen molar-refractivity contribution in [3.63, 3.8) is 0 Å². The summed E-state index contributed by atoms with van der Waals surface area (Å²) in [6, 6.07) is 0.499. The Hall–Kier alpha value is 0.712. The molecule has 0 aromatic carbocycles. The molecule has 1 spiro atoms. The van der Waals surface area contributed by atoms with Gasteiger partial charge in [0.05, 0.1) is 0 Å². The summed E-state index contributed by atoms with van der Waals surface area (Å²) in [7, 11) is 2.61. The molecule has 3 atom stereocenters. The van der Waals surface area contributed by atoms with Crippen LogP contribution in [0.25, 0.3) is 0 Å². The molecule has 1 heterocycles. The molecule has 1 N–H and O–H groups in total. The van der Waals surface area contributed by atoms with Gasteiger partial charge in [0.15, 0.2) is 0 Å². The van der Waals surface area contributed by atoms with Crippen LogP contribution >= 0.6 is 9.39 Å². The number of ether oxygens (including phenoxy) is 2. The summed E-state index contributed by atoms with van der Waals surface area (Å²) in [5.74, 6) is -0.265. The van der Waals surface area contributed by atoms with Crippen LogP contribution in [0.3, 0.4) is 0 Å². The van der Waals surface area contributed by atoms with Gasteiger partial charge in [0.25, 0.3) is 0 Å². The van der Waals surface area contributed by atoms with Gasteiger partial charge in [-0.15, -0.1) is 0 Å². The molecule has 2 rings (SSSR count). The van der Waals surface area contributed by atoms with E-state index in [4.69, 9.17) is 9.47 Å². The molecule has 1 aliphatic heterocycles. The van der Waals surface area contributed by atoms with Crippen molar-refractivity contribution in [2.45, 2.75) is 35.9 Å².